The van der Waals surface area contributed by atoms with Gasteiger partial charge in [-0.1, -0.05) is 42.1 Å². The number of hydrogen-bond acceptors (Lipinski definition) is 8. The summed E-state index contributed by atoms with van der Waals surface area (Å²) < 4.78 is 11.3. The lowest BCUT2D eigenvalue weighted by Gasteiger charge is -2.13. The molecule has 0 unspecified atom stereocenters. The largest absolute Gasteiger partial charge is 0.493 e. The van der Waals surface area contributed by atoms with Crippen LogP contribution in [0, 0.1) is 11.3 Å². The van der Waals surface area contributed by atoms with Gasteiger partial charge < -0.3 is 14.5 Å². The fourth-order valence-electron chi connectivity index (χ4n) is 2.68. The predicted octanol–water partition coefficient (Wildman–Crippen LogP) is 1.98. The Morgan fingerprint density at radius 2 is 2.03 bits per heavy atom. The molecule has 0 spiro atoms. The van der Waals surface area contributed by atoms with Crippen LogP contribution in [0.1, 0.15) is 11.1 Å². The summed E-state index contributed by atoms with van der Waals surface area (Å²) in [6, 6.07) is 16.6. The van der Waals surface area contributed by atoms with E-state index in [-0.39, 0.29) is 22.2 Å². The fraction of sp³-hybridized carbons (Fsp3) is 0.143. The molecule has 0 radical (unpaired) electrons. The molecule has 3 rings (SSSR count). The topological polar surface area (TPSA) is 143 Å². The molecule has 0 saturated carbocycles. The Balaban J connectivity index is 1.92. The van der Waals surface area contributed by atoms with E-state index in [0.29, 0.717) is 23.7 Å². The smallest absolute Gasteiger partial charge is 0.270 e. The number of benzene rings is 2. The van der Waals surface area contributed by atoms with Crippen LogP contribution in [0.15, 0.2) is 58.5 Å². The van der Waals surface area contributed by atoms with Crippen LogP contribution >= 0.6 is 11.8 Å². The number of amides is 1. The van der Waals surface area contributed by atoms with Gasteiger partial charge in [0.1, 0.15) is 18.2 Å². The second-order valence-electron chi connectivity index (χ2n) is 6.20. The van der Waals surface area contributed by atoms with E-state index in [1.165, 1.54) is 7.11 Å². The monoisotopic (exact) mass is 437 g/mol. The third-order valence-electron chi connectivity index (χ3n) is 4.18. The molecule has 0 fully saturated rings. The van der Waals surface area contributed by atoms with Crippen molar-refractivity contribution in [2.24, 2.45) is 5.84 Å². The number of hydrogen-bond donors (Lipinski definition) is 3. The molecule has 9 nitrogen and oxygen atoms in total. The van der Waals surface area contributed by atoms with E-state index in [1.54, 1.807) is 18.2 Å². The van der Waals surface area contributed by atoms with E-state index in [2.05, 4.69) is 9.97 Å². The van der Waals surface area contributed by atoms with Crippen LogP contribution in [0.3, 0.4) is 0 Å². The van der Waals surface area contributed by atoms with E-state index in [9.17, 15) is 14.9 Å². The molecule has 0 aliphatic heterocycles. The molecule has 4 N–H and O–H groups in total. The van der Waals surface area contributed by atoms with E-state index in [0.717, 1.165) is 17.3 Å². The molecule has 0 aliphatic carbocycles. The zero-order chi connectivity index (χ0) is 22.2. The third kappa shape index (κ3) is 5.42. The van der Waals surface area contributed by atoms with Crippen molar-refractivity contribution in [2.75, 3.05) is 12.9 Å². The van der Waals surface area contributed by atoms with Gasteiger partial charge in [0.05, 0.1) is 18.6 Å². The lowest BCUT2D eigenvalue weighted by atomic mass is 10.1. The standard InChI is InChI=1S/C21H19N5O4S/c1-29-17-9-14(7-8-16(17)30-11-13-5-3-2-4-6-13)19-15(10-22)20(28)25-21(24-19)31-12-18(27)26-23/h2-9H,11-12,23H2,1H3,(H,26,27)(H,24,25,28). The molecule has 3 aromatic rings. The molecular weight excluding hydrogens is 418 g/mol. The first-order valence-corrected chi connectivity index (χ1v) is 10.1. The first kappa shape index (κ1) is 21.9. The number of nitrogens with one attached hydrogen (secondary N) is 2. The van der Waals surface area contributed by atoms with Gasteiger partial charge in [-0.15, -0.1) is 0 Å². The van der Waals surface area contributed by atoms with Crippen molar-refractivity contribution in [3.63, 3.8) is 0 Å². The van der Waals surface area contributed by atoms with Crippen LogP contribution in [0.5, 0.6) is 11.5 Å². The van der Waals surface area contributed by atoms with Crippen molar-refractivity contribution in [2.45, 2.75) is 11.8 Å². The number of aromatic nitrogens is 2. The molecule has 158 valence electrons. The van der Waals surface area contributed by atoms with Crippen LogP contribution in [0.25, 0.3) is 11.3 Å². The van der Waals surface area contributed by atoms with Gasteiger partial charge in [0.15, 0.2) is 16.7 Å². The van der Waals surface area contributed by atoms with E-state index in [4.69, 9.17) is 15.3 Å². The third-order valence-corrected chi connectivity index (χ3v) is 5.06. The number of hydrazine groups is 1. The number of nitrogens with two attached hydrogens (primary N) is 1. The quantitative estimate of drug-likeness (QED) is 0.160. The first-order chi connectivity index (χ1) is 15.0. The van der Waals surface area contributed by atoms with Crippen molar-refractivity contribution in [3.8, 4) is 28.8 Å². The number of ether oxygens (including phenoxy) is 2. The van der Waals surface area contributed by atoms with Crippen LogP contribution in [-0.4, -0.2) is 28.7 Å². The van der Waals surface area contributed by atoms with Gasteiger partial charge in [-0.05, 0) is 23.8 Å². The molecular formula is C21H19N5O4S. The number of carbonyl (C=O) groups is 1. The van der Waals surface area contributed by atoms with Gasteiger partial charge in [-0.2, -0.15) is 5.26 Å². The first-order valence-electron chi connectivity index (χ1n) is 9.07. The number of aromatic amines is 1. The normalized spacial score (nSPS) is 10.2. The average Bonchev–Trinajstić information content (AvgIpc) is 2.81. The van der Waals surface area contributed by atoms with E-state index in [1.807, 2.05) is 41.8 Å². The minimum atomic E-state index is -0.605. The number of H-pyrrole nitrogens is 1. The number of nitrogens with zero attached hydrogens (tertiary/aromatic N) is 2. The minimum absolute atomic E-state index is 0.0413. The van der Waals surface area contributed by atoms with Gasteiger partial charge in [-0.25, -0.2) is 10.8 Å². The summed E-state index contributed by atoms with van der Waals surface area (Å²) >= 11 is 0.990. The zero-order valence-corrected chi connectivity index (χ0v) is 17.4. The Morgan fingerprint density at radius 3 is 2.71 bits per heavy atom. The molecule has 0 saturated heterocycles. The van der Waals surface area contributed by atoms with Crippen LogP contribution in [0.4, 0.5) is 0 Å². The molecule has 2 aromatic carbocycles. The lowest BCUT2D eigenvalue weighted by molar-refractivity contribution is -0.118. The number of rotatable bonds is 8. The lowest BCUT2D eigenvalue weighted by Crippen LogP contribution is -2.31. The van der Waals surface area contributed by atoms with E-state index < -0.39 is 11.5 Å². The molecule has 0 aliphatic rings. The van der Waals surface area contributed by atoms with Crippen molar-refractivity contribution in [1.29, 1.82) is 5.26 Å². The predicted molar refractivity (Wildman–Crippen MR) is 115 cm³/mol. The van der Waals surface area contributed by atoms with Crippen LogP contribution < -0.4 is 26.3 Å². The second-order valence-corrected chi connectivity index (χ2v) is 7.17. The second kappa shape index (κ2) is 10.3. The summed E-state index contributed by atoms with van der Waals surface area (Å²) in [5.41, 5.74) is 2.92. The van der Waals surface area contributed by atoms with E-state index >= 15 is 0 Å². The summed E-state index contributed by atoms with van der Waals surface area (Å²) in [7, 11) is 1.50. The maximum absolute atomic E-state index is 12.3. The number of thioether (sulfide) groups is 1. The Bertz CT molecular complexity index is 1170. The van der Waals surface area contributed by atoms with Crippen LogP contribution in [-0.2, 0) is 11.4 Å². The highest BCUT2D eigenvalue weighted by Gasteiger charge is 2.16. The highest BCUT2D eigenvalue weighted by molar-refractivity contribution is 7.99. The average molecular weight is 437 g/mol. The minimum Gasteiger partial charge on any atom is -0.493 e. The van der Waals surface area contributed by atoms with Crippen molar-refractivity contribution in [1.82, 2.24) is 15.4 Å². The molecule has 10 heteroatoms. The molecule has 1 aromatic heterocycles. The Labute approximate surface area is 182 Å². The van der Waals surface area contributed by atoms with Crippen molar-refractivity contribution in [3.05, 3.63) is 70.0 Å². The zero-order valence-electron chi connectivity index (χ0n) is 16.5. The number of nitriles is 1. The Kier molecular flexibility index (Phi) is 7.26. The Hall–Kier alpha value is -3.81. The van der Waals surface area contributed by atoms with Crippen molar-refractivity contribution >= 4 is 17.7 Å². The highest BCUT2D eigenvalue weighted by Crippen LogP contribution is 2.33. The molecule has 1 heterocycles. The summed E-state index contributed by atoms with van der Waals surface area (Å²) in [4.78, 5) is 30.6. The van der Waals surface area contributed by atoms with Crippen molar-refractivity contribution < 1.29 is 14.3 Å². The molecule has 1 amide bonds. The summed E-state index contributed by atoms with van der Waals surface area (Å²) in [5, 5.41) is 9.63. The number of carbonyl (C=O) groups excluding carboxylic acids is 1. The summed E-state index contributed by atoms with van der Waals surface area (Å²) in [5.74, 6) is 5.53. The van der Waals surface area contributed by atoms with Gasteiger partial charge in [0.25, 0.3) is 5.56 Å². The SMILES string of the molecule is COc1cc(-c2nc(SCC(=O)NN)[nH]c(=O)c2C#N)ccc1OCc1ccccc1. The van der Waals surface area contributed by atoms with Gasteiger partial charge in [0, 0.05) is 5.56 Å². The molecule has 0 atom stereocenters. The van der Waals surface area contributed by atoms with Gasteiger partial charge >= 0.3 is 0 Å². The Morgan fingerprint density at radius 1 is 1.26 bits per heavy atom. The maximum Gasteiger partial charge on any atom is 0.270 e. The van der Waals surface area contributed by atoms with Crippen LogP contribution in [0.2, 0.25) is 0 Å². The fourth-order valence-corrected chi connectivity index (χ4v) is 3.35. The highest BCUT2D eigenvalue weighted by atomic mass is 32.2. The van der Waals surface area contributed by atoms with Gasteiger partial charge in [-0.3, -0.25) is 15.0 Å². The maximum atomic E-state index is 12.3. The molecule has 0 bridgehead atoms. The summed E-state index contributed by atoms with van der Waals surface area (Å²) in [6.07, 6.45) is 0. The summed E-state index contributed by atoms with van der Waals surface area (Å²) in [6.45, 7) is 0.354. The van der Waals surface area contributed by atoms with Gasteiger partial charge in [0.2, 0.25) is 5.91 Å². The number of methoxy groups -OCH3 is 1. The molecule has 31 heavy (non-hydrogen) atoms.